The number of carboxylic acids is 1. The Labute approximate surface area is 114 Å². The molecule has 3 heteroatoms. The van der Waals surface area contributed by atoms with Gasteiger partial charge in [-0.2, -0.15) is 0 Å². The predicted octanol–water partition coefficient (Wildman–Crippen LogP) is 4.03. The van der Waals surface area contributed by atoms with Gasteiger partial charge in [0.05, 0.1) is 0 Å². The van der Waals surface area contributed by atoms with Gasteiger partial charge in [-0.15, -0.1) is 0 Å². The molecule has 0 saturated carbocycles. The van der Waals surface area contributed by atoms with Gasteiger partial charge in [-0.05, 0) is 24.3 Å². The van der Waals surface area contributed by atoms with Crippen LogP contribution in [0.5, 0.6) is 0 Å². The van der Waals surface area contributed by atoms with E-state index in [1.807, 2.05) is 24.3 Å². The zero-order valence-corrected chi connectivity index (χ0v) is 11.7. The summed E-state index contributed by atoms with van der Waals surface area (Å²) in [5.74, 6) is -0.151. The van der Waals surface area contributed by atoms with E-state index < -0.39 is 5.97 Å². The molecule has 0 radical (unpaired) electrons. The van der Waals surface area contributed by atoms with E-state index in [1.165, 1.54) is 5.56 Å². The highest BCUT2D eigenvalue weighted by atomic mass is 16.4. The van der Waals surface area contributed by atoms with E-state index in [9.17, 15) is 9.59 Å². The third-order valence-electron chi connectivity index (χ3n) is 3.19. The van der Waals surface area contributed by atoms with Crippen molar-refractivity contribution < 1.29 is 14.7 Å². The van der Waals surface area contributed by atoms with Crippen LogP contribution >= 0.6 is 0 Å². The molecule has 0 unspecified atom stereocenters. The summed E-state index contributed by atoms with van der Waals surface area (Å²) < 4.78 is 0. The second-order valence-corrected chi connectivity index (χ2v) is 5.15. The molecular weight excluding hydrogens is 240 g/mol. The normalized spacial score (nSPS) is 10.7. The molecule has 3 nitrogen and oxygen atoms in total. The van der Waals surface area contributed by atoms with Crippen LogP contribution in [0.2, 0.25) is 0 Å². The minimum Gasteiger partial charge on any atom is -0.481 e. The molecule has 1 rings (SSSR count). The van der Waals surface area contributed by atoms with Crippen molar-refractivity contribution in [2.24, 2.45) is 0 Å². The lowest BCUT2D eigenvalue weighted by atomic mass is 9.99. The van der Waals surface area contributed by atoms with Gasteiger partial charge < -0.3 is 5.11 Å². The number of benzene rings is 1. The first kappa shape index (κ1) is 15.4. The van der Waals surface area contributed by atoms with E-state index in [2.05, 4.69) is 13.8 Å². The third-order valence-corrected chi connectivity index (χ3v) is 3.19. The molecule has 0 atom stereocenters. The largest absolute Gasteiger partial charge is 0.481 e. The van der Waals surface area contributed by atoms with E-state index in [-0.39, 0.29) is 12.2 Å². The zero-order chi connectivity index (χ0) is 14.3. The zero-order valence-electron chi connectivity index (χ0n) is 11.7. The van der Waals surface area contributed by atoms with Gasteiger partial charge in [-0.3, -0.25) is 9.59 Å². The number of hydrogen-bond acceptors (Lipinski definition) is 2. The second-order valence-electron chi connectivity index (χ2n) is 5.15. The molecule has 0 bridgehead atoms. The molecule has 1 aromatic carbocycles. The molecule has 0 aliphatic heterocycles. The third kappa shape index (κ3) is 5.69. The molecule has 0 fully saturated rings. The molecule has 0 aliphatic carbocycles. The Balaban J connectivity index is 2.35. The molecule has 0 spiro atoms. The molecule has 0 heterocycles. The summed E-state index contributed by atoms with van der Waals surface area (Å²) in [6, 6.07) is 7.77. The highest BCUT2D eigenvalue weighted by molar-refractivity contribution is 5.96. The lowest BCUT2D eigenvalue weighted by Crippen LogP contribution is -2.00. The minimum absolute atomic E-state index is 0.144. The van der Waals surface area contributed by atoms with Crippen LogP contribution in [0.3, 0.4) is 0 Å². The van der Waals surface area contributed by atoms with Gasteiger partial charge in [0.1, 0.15) is 0 Å². The summed E-state index contributed by atoms with van der Waals surface area (Å²) in [4.78, 5) is 22.2. The van der Waals surface area contributed by atoms with E-state index in [0.717, 1.165) is 18.4 Å². The van der Waals surface area contributed by atoms with Crippen molar-refractivity contribution in [1.29, 1.82) is 0 Å². The van der Waals surface area contributed by atoms with Gasteiger partial charge in [0.15, 0.2) is 5.78 Å². The van der Waals surface area contributed by atoms with Gasteiger partial charge in [0.2, 0.25) is 0 Å². The number of carbonyl (C=O) groups excluding carboxylic acids is 1. The van der Waals surface area contributed by atoms with Gasteiger partial charge in [0.25, 0.3) is 0 Å². The van der Waals surface area contributed by atoms with Crippen LogP contribution in [0.1, 0.15) is 67.8 Å². The molecule has 1 aromatic rings. The number of carboxylic acid groups (broad SMARTS) is 1. The van der Waals surface area contributed by atoms with Crippen molar-refractivity contribution in [1.82, 2.24) is 0 Å². The topological polar surface area (TPSA) is 54.4 Å². The standard InChI is InChI=1S/C16H22O3/c1-12(2)13-8-10-14(11-9-13)15(17)6-4-3-5-7-16(18)19/h8-12H,3-7H2,1-2H3,(H,18,19). The molecule has 1 N–H and O–H groups in total. The van der Waals surface area contributed by atoms with Crippen molar-refractivity contribution in [2.75, 3.05) is 0 Å². The molecule has 0 aromatic heterocycles. The van der Waals surface area contributed by atoms with Crippen LogP contribution < -0.4 is 0 Å². The Morgan fingerprint density at radius 2 is 1.58 bits per heavy atom. The maximum atomic E-state index is 11.9. The molecule has 0 amide bonds. The number of unbranched alkanes of at least 4 members (excludes halogenated alkanes) is 2. The van der Waals surface area contributed by atoms with Gasteiger partial charge in [0, 0.05) is 18.4 Å². The SMILES string of the molecule is CC(C)c1ccc(C(=O)CCCCCC(=O)O)cc1. The van der Waals surface area contributed by atoms with Crippen LogP contribution in [0.15, 0.2) is 24.3 Å². The Morgan fingerprint density at radius 3 is 2.11 bits per heavy atom. The Hall–Kier alpha value is -1.64. The first-order chi connectivity index (χ1) is 9.00. The van der Waals surface area contributed by atoms with Crippen molar-refractivity contribution >= 4 is 11.8 Å². The van der Waals surface area contributed by atoms with Crippen molar-refractivity contribution in [3.8, 4) is 0 Å². The maximum absolute atomic E-state index is 11.9. The van der Waals surface area contributed by atoms with Crippen LogP contribution in [-0.2, 0) is 4.79 Å². The van der Waals surface area contributed by atoms with E-state index in [1.54, 1.807) is 0 Å². The summed E-state index contributed by atoms with van der Waals surface area (Å²) in [5, 5.41) is 8.50. The fourth-order valence-electron chi connectivity index (χ4n) is 1.94. The number of Topliss-reactive ketones (excluding diaryl/α,β-unsaturated/α-hetero) is 1. The van der Waals surface area contributed by atoms with Crippen LogP contribution in [-0.4, -0.2) is 16.9 Å². The maximum Gasteiger partial charge on any atom is 0.303 e. The van der Waals surface area contributed by atoms with Gasteiger partial charge >= 0.3 is 5.97 Å². The van der Waals surface area contributed by atoms with Crippen molar-refractivity contribution in [3.05, 3.63) is 35.4 Å². The number of ketones is 1. The van der Waals surface area contributed by atoms with Crippen LogP contribution in [0, 0.1) is 0 Å². The van der Waals surface area contributed by atoms with Crippen molar-refractivity contribution in [2.45, 2.75) is 51.9 Å². The summed E-state index contributed by atoms with van der Waals surface area (Å²) in [5.41, 5.74) is 1.99. The average molecular weight is 262 g/mol. The summed E-state index contributed by atoms with van der Waals surface area (Å²) in [6.45, 7) is 4.25. The van der Waals surface area contributed by atoms with E-state index in [0.29, 0.717) is 18.8 Å². The quantitative estimate of drug-likeness (QED) is 0.568. The number of rotatable bonds is 8. The average Bonchev–Trinajstić information content (AvgIpc) is 2.37. The summed E-state index contributed by atoms with van der Waals surface area (Å²) in [6.07, 6.45) is 2.90. The lowest BCUT2D eigenvalue weighted by Gasteiger charge is -2.06. The number of carbonyl (C=O) groups is 2. The van der Waals surface area contributed by atoms with Crippen LogP contribution in [0.4, 0.5) is 0 Å². The number of aliphatic carboxylic acids is 1. The fraction of sp³-hybridized carbons (Fsp3) is 0.500. The molecule has 0 saturated heterocycles. The highest BCUT2D eigenvalue weighted by Gasteiger charge is 2.07. The van der Waals surface area contributed by atoms with E-state index in [4.69, 9.17) is 5.11 Å². The van der Waals surface area contributed by atoms with Crippen LogP contribution in [0.25, 0.3) is 0 Å². The summed E-state index contributed by atoms with van der Waals surface area (Å²) >= 11 is 0. The van der Waals surface area contributed by atoms with Gasteiger partial charge in [-0.1, -0.05) is 44.5 Å². The fourth-order valence-corrected chi connectivity index (χ4v) is 1.94. The van der Waals surface area contributed by atoms with Gasteiger partial charge in [-0.25, -0.2) is 0 Å². The van der Waals surface area contributed by atoms with Crippen molar-refractivity contribution in [3.63, 3.8) is 0 Å². The molecule has 104 valence electrons. The molecule has 0 aliphatic rings. The molecular formula is C16H22O3. The predicted molar refractivity (Wildman–Crippen MR) is 75.6 cm³/mol. The first-order valence-corrected chi connectivity index (χ1v) is 6.85. The lowest BCUT2D eigenvalue weighted by molar-refractivity contribution is -0.137. The van der Waals surface area contributed by atoms with E-state index >= 15 is 0 Å². The molecule has 19 heavy (non-hydrogen) atoms. The Bertz CT molecular complexity index is 418. The monoisotopic (exact) mass is 262 g/mol. The Kier molecular flexibility index (Phi) is 6.26. The first-order valence-electron chi connectivity index (χ1n) is 6.85. The second kappa shape index (κ2) is 7.72. The summed E-state index contributed by atoms with van der Waals surface area (Å²) in [7, 11) is 0. The minimum atomic E-state index is -0.768. The number of hydrogen-bond donors (Lipinski definition) is 1. The Morgan fingerprint density at radius 1 is 1.00 bits per heavy atom. The smallest absolute Gasteiger partial charge is 0.303 e. The highest BCUT2D eigenvalue weighted by Crippen LogP contribution is 2.16.